The van der Waals surface area contributed by atoms with Crippen LogP contribution in [0.4, 0.5) is 0 Å². The van der Waals surface area contributed by atoms with Crippen molar-refractivity contribution in [3.05, 3.63) is 35.3 Å². The Labute approximate surface area is 136 Å². The van der Waals surface area contributed by atoms with E-state index in [4.69, 9.17) is 4.74 Å². The van der Waals surface area contributed by atoms with E-state index >= 15 is 0 Å². The molecule has 0 radical (unpaired) electrons. The maximum absolute atomic E-state index is 12.5. The van der Waals surface area contributed by atoms with Gasteiger partial charge in [-0.15, -0.1) is 0 Å². The summed E-state index contributed by atoms with van der Waals surface area (Å²) in [6, 6.07) is 3.95. The topological polar surface area (TPSA) is 58.9 Å². The van der Waals surface area contributed by atoms with Crippen LogP contribution >= 0.6 is 0 Å². The maximum Gasteiger partial charge on any atom is 0.270 e. The number of hydrogen-bond donors (Lipinski definition) is 1. The van der Waals surface area contributed by atoms with Gasteiger partial charge in [-0.3, -0.25) is 14.1 Å². The molecule has 3 rings (SSSR count). The molecule has 1 fully saturated rings. The number of amides is 1. The second-order valence-electron chi connectivity index (χ2n) is 6.04. The minimum atomic E-state index is -0.0532. The molecule has 2 aromatic rings. The highest BCUT2D eigenvalue weighted by atomic mass is 16.5. The van der Waals surface area contributed by atoms with Gasteiger partial charge in [-0.25, -0.2) is 4.98 Å². The van der Waals surface area contributed by atoms with Crippen molar-refractivity contribution in [2.75, 3.05) is 39.4 Å². The van der Waals surface area contributed by atoms with Crippen molar-refractivity contribution < 1.29 is 9.53 Å². The standard InChI is InChI=1S/C17H24N4O2/c1-13-4-5-15-19-14(2)16(21(15)12-13)17(22)18-6-3-7-20-8-10-23-11-9-20/h4-5,12H,3,6-11H2,1-2H3,(H,18,22). The average Bonchev–Trinajstić information content (AvgIpc) is 2.87. The van der Waals surface area contributed by atoms with Gasteiger partial charge in [0.05, 0.1) is 18.9 Å². The Morgan fingerprint density at radius 2 is 2.09 bits per heavy atom. The number of morpholine rings is 1. The first-order valence-corrected chi connectivity index (χ1v) is 8.19. The highest BCUT2D eigenvalue weighted by Crippen LogP contribution is 2.13. The molecule has 0 spiro atoms. The molecule has 0 saturated carbocycles. The number of nitrogens with one attached hydrogen (secondary N) is 1. The van der Waals surface area contributed by atoms with Crippen molar-refractivity contribution in [2.24, 2.45) is 0 Å². The fourth-order valence-corrected chi connectivity index (χ4v) is 2.96. The second kappa shape index (κ2) is 7.10. The fraction of sp³-hybridized carbons (Fsp3) is 0.529. The van der Waals surface area contributed by atoms with Crippen LogP contribution in [0.5, 0.6) is 0 Å². The van der Waals surface area contributed by atoms with Crippen molar-refractivity contribution in [1.29, 1.82) is 0 Å². The Bertz CT molecular complexity index is 689. The van der Waals surface area contributed by atoms with Gasteiger partial charge >= 0.3 is 0 Å². The second-order valence-corrected chi connectivity index (χ2v) is 6.04. The van der Waals surface area contributed by atoms with Gasteiger partial charge in [0, 0.05) is 25.8 Å². The zero-order chi connectivity index (χ0) is 16.2. The third-order valence-corrected chi connectivity index (χ3v) is 4.20. The normalized spacial score (nSPS) is 15.9. The quantitative estimate of drug-likeness (QED) is 0.847. The van der Waals surface area contributed by atoms with E-state index in [1.54, 1.807) is 0 Å². The van der Waals surface area contributed by atoms with Crippen molar-refractivity contribution in [1.82, 2.24) is 19.6 Å². The van der Waals surface area contributed by atoms with E-state index in [0.717, 1.165) is 56.2 Å². The number of nitrogens with zero attached hydrogens (tertiary/aromatic N) is 3. The lowest BCUT2D eigenvalue weighted by molar-refractivity contribution is 0.0374. The van der Waals surface area contributed by atoms with E-state index < -0.39 is 0 Å². The molecule has 0 aliphatic carbocycles. The number of carbonyl (C=O) groups is 1. The van der Waals surface area contributed by atoms with Gasteiger partial charge in [0.25, 0.3) is 5.91 Å². The van der Waals surface area contributed by atoms with E-state index in [2.05, 4.69) is 15.2 Å². The smallest absolute Gasteiger partial charge is 0.270 e. The first-order valence-electron chi connectivity index (χ1n) is 8.19. The third-order valence-electron chi connectivity index (χ3n) is 4.20. The molecule has 0 unspecified atom stereocenters. The van der Waals surface area contributed by atoms with Crippen LogP contribution in [-0.4, -0.2) is 59.6 Å². The first-order chi connectivity index (χ1) is 11.1. The van der Waals surface area contributed by atoms with Crippen LogP contribution in [-0.2, 0) is 4.74 Å². The number of rotatable bonds is 5. The number of pyridine rings is 1. The Morgan fingerprint density at radius 3 is 2.87 bits per heavy atom. The first kappa shape index (κ1) is 16.0. The molecule has 1 amide bonds. The minimum Gasteiger partial charge on any atom is -0.379 e. The van der Waals surface area contributed by atoms with Crippen LogP contribution in [0.15, 0.2) is 18.3 Å². The summed E-state index contributed by atoms with van der Waals surface area (Å²) in [6.45, 7) is 9.16. The number of carbonyl (C=O) groups excluding carboxylic acids is 1. The van der Waals surface area contributed by atoms with Gasteiger partial charge in [-0.05, 0) is 38.4 Å². The SMILES string of the molecule is Cc1ccc2nc(C)c(C(=O)NCCCN3CCOCC3)n2c1. The van der Waals surface area contributed by atoms with Gasteiger partial charge in [0.15, 0.2) is 0 Å². The molecule has 0 aromatic carbocycles. The molecule has 1 aliphatic rings. The van der Waals surface area contributed by atoms with Crippen LogP contribution in [0.25, 0.3) is 5.65 Å². The van der Waals surface area contributed by atoms with Crippen molar-refractivity contribution in [2.45, 2.75) is 20.3 Å². The maximum atomic E-state index is 12.5. The van der Waals surface area contributed by atoms with E-state index in [0.29, 0.717) is 12.2 Å². The summed E-state index contributed by atoms with van der Waals surface area (Å²) in [6.07, 6.45) is 2.90. The molecule has 3 heterocycles. The largest absolute Gasteiger partial charge is 0.379 e. The Kier molecular flexibility index (Phi) is 4.93. The third kappa shape index (κ3) is 3.71. The van der Waals surface area contributed by atoms with Crippen molar-refractivity contribution in [3.8, 4) is 0 Å². The molecule has 6 nitrogen and oxygen atoms in total. The van der Waals surface area contributed by atoms with Crippen molar-refractivity contribution >= 4 is 11.6 Å². The summed E-state index contributed by atoms with van der Waals surface area (Å²) < 4.78 is 7.21. The van der Waals surface area contributed by atoms with Crippen LogP contribution in [0, 0.1) is 13.8 Å². The Morgan fingerprint density at radius 1 is 1.30 bits per heavy atom. The molecule has 2 aromatic heterocycles. The lowest BCUT2D eigenvalue weighted by Gasteiger charge is -2.26. The molecule has 6 heteroatoms. The van der Waals surface area contributed by atoms with Crippen molar-refractivity contribution in [3.63, 3.8) is 0 Å². The van der Waals surface area contributed by atoms with E-state index in [-0.39, 0.29) is 5.91 Å². The predicted molar refractivity (Wildman–Crippen MR) is 88.9 cm³/mol. The molecule has 124 valence electrons. The van der Waals surface area contributed by atoms with E-state index in [9.17, 15) is 4.79 Å². The number of aryl methyl sites for hydroxylation is 2. The summed E-state index contributed by atoms with van der Waals surface area (Å²) in [5.74, 6) is -0.0532. The summed E-state index contributed by atoms with van der Waals surface area (Å²) in [4.78, 5) is 19.3. The summed E-state index contributed by atoms with van der Waals surface area (Å²) >= 11 is 0. The van der Waals surface area contributed by atoms with Gasteiger partial charge < -0.3 is 10.1 Å². The molecule has 1 N–H and O–H groups in total. The summed E-state index contributed by atoms with van der Waals surface area (Å²) in [7, 11) is 0. The minimum absolute atomic E-state index is 0.0532. The highest BCUT2D eigenvalue weighted by Gasteiger charge is 2.16. The summed E-state index contributed by atoms with van der Waals surface area (Å²) in [5.41, 5.74) is 3.32. The van der Waals surface area contributed by atoms with Gasteiger partial charge in [-0.2, -0.15) is 0 Å². The lowest BCUT2D eigenvalue weighted by atomic mass is 10.3. The number of hydrogen-bond acceptors (Lipinski definition) is 4. The molecule has 0 bridgehead atoms. The van der Waals surface area contributed by atoms with Crippen LogP contribution in [0.3, 0.4) is 0 Å². The molecular formula is C17H24N4O2. The van der Waals surface area contributed by atoms with Gasteiger partial charge in [0.2, 0.25) is 0 Å². The van der Waals surface area contributed by atoms with Gasteiger partial charge in [0.1, 0.15) is 11.3 Å². The van der Waals surface area contributed by atoms with E-state index in [1.807, 2.05) is 36.6 Å². The monoisotopic (exact) mass is 316 g/mol. The zero-order valence-corrected chi connectivity index (χ0v) is 13.8. The summed E-state index contributed by atoms with van der Waals surface area (Å²) in [5, 5.41) is 3.02. The number of fused-ring (bicyclic) bond motifs is 1. The van der Waals surface area contributed by atoms with Crippen LogP contribution in [0.2, 0.25) is 0 Å². The Hall–Kier alpha value is -1.92. The fourth-order valence-electron chi connectivity index (χ4n) is 2.96. The predicted octanol–water partition coefficient (Wildman–Crippen LogP) is 1.40. The number of aromatic nitrogens is 2. The molecule has 0 atom stereocenters. The lowest BCUT2D eigenvalue weighted by Crippen LogP contribution is -2.38. The number of imidazole rings is 1. The Balaban J connectivity index is 1.58. The molecule has 1 saturated heterocycles. The van der Waals surface area contributed by atoms with Gasteiger partial charge in [-0.1, -0.05) is 6.07 Å². The average molecular weight is 316 g/mol. The van der Waals surface area contributed by atoms with Crippen LogP contribution < -0.4 is 5.32 Å². The van der Waals surface area contributed by atoms with E-state index in [1.165, 1.54) is 0 Å². The number of ether oxygens (including phenoxy) is 1. The van der Waals surface area contributed by atoms with Crippen LogP contribution in [0.1, 0.15) is 28.2 Å². The molecule has 23 heavy (non-hydrogen) atoms. The zero-order valence-electron chi connectivity index (χ0n) is 13.8. The molecule has 1 aliphatic heterocycles. The molecular weight excluding hydrogens is 292 g/mol. The highest BCUT2D eigenvalue weighted by molar-refractivity contribution is 5.94.